The van der Waals surface area contributed by atoms with Gasteiger partial charge in [-0.1, -0.05) is 12.1 Å². The summed E-state index contributed by atoms with van der Waals surface area (Å²) in [5.74, 6) is 2.05. The minimum Gasteiger partial charge on any atom is -0.495 e. The summed E-state index contributed by atoms with van der Waals surface area (Å²) in [4.78, 5) is 0. The number of benzene rings is 2. The van der Waals surface area contributed by atoms with Crippen molar-refractivity contribution in [2.24, 2.45) is 0 Å². The third kappa shape index (κ3) is 3.86. The second-order valence-corrected chi connectivity index (χ2v) is 5.96. The molecule has 1 aromatic heterocycles. The fourth-order valence-corrected chi connectivity index (χ4v) is 3.06. The van der Waals surface area contributed by atoms with Gasteiger partial charge in [-0.25, -0.2) is 0 Å². The van der Waals surface area contributed by atoms with Crippen molar-refractivity contribution >= 4 is 5.57 Å². The molecule has 0 aliphatic carbocycles. The molecule has 0 aliphatic heterocycles. The van der Waals surface area contributed by atoms with Gasteiger partial charge in [-0.15, -0.1) is 0 Å². The van der Waals surface area contributed by atoms with Gasteiger partial charge in [0.1, 0.15) is 5.75 Å². The molecule has 2 aromatic carbocycles. The van der Waals surface area contributed by atoms with Gasteiger partial charge in [-0.2, -0.15) is 5.26 Å². The molecule has 28 heavy (non-hydrogen) atoms. The van der Waals surface area contributed by atoms with Crippen molar-refractivity contribution in [3.05, 3.63) is 78.1 Å². The number of methoxy groups -OCH3 is 2. The van der Waals surface area contributed by atoms with E-state index in [2.05, 4.69) is 6.07 Å². The highest BCUT2D eigenvalue weighted by Gasteiger charge is 2.13. The molecular weight excluding hydrogens is 352 g/mol. The third-order valence-electron chi connectivity index (χ3n) is 4.36. The first-order valence-corrected chi connectivity index (χ1v) is 8.94. The standard InChI is InChI=1S/C23H22N2O3/c1-4-28-23-16-18(8-10-22(23)27-3)19(11-12-24)17-7-9-21(26-2)20(15-17)25-13-5-6-14-25/h5-11,13-16H,4H2,1-3H3/b19-11+. The van der Waals surface area contributed by atoms with Gasteiger partial charge in [0.25, 0.3) is 0 Å². The first kappa shape index (κ1) is 19.1. The van der Waals surface area contributed by atoms with Gasteiger partial charge in [-0.05, 0) is 60.0 Å². The van der Waals surface area contributed by atoms with Crippen molar-refractivity contribution in [1.29, 1.82) is 5.26 Å². The highest BCUT2D eigenvalue weighted by Crippen LogP contribution is 2.35. The number of ether oxygens (including phenoxy) is 3. The summed E-state index contributed by atoms with van der Waals surface area (Å²) in [5, 5.41) is 9.37. The Labute approximate surface area is 165 Å². The molecule has 0 amide bonds. The Bertz CT molecular complexity index is 1010. The Balaban J connectivity index is 2.12. The lowest BCUT2D eigenvalue weighted by Gasteiger charge is -2.15. The summed E-state index contributed by atoms with van der Waals surface area (Å²) in [7, 11) is 3.25. The molecule has 0 saturated heterocycles. The Morgan fingerprint density at radius 2 is 1.61 bits per heavy atom. The maximum Gasteiger partial charge on any atom is 0.161 e. The van der Waals surface area contributed by atoms with Crippen LogP contribution >= 0.6 is 0 Å². The zero-order valence-electron chi connectivity index (χ0n) is 16.2. The summed E-state index contributed by atoms with van der Waals surface area (Å²) >= 11 is 0. The molecule has 0 atom stereocenters. The van der Waals surface area contributed by atoms with Crippen molar-refractivity contribution in [3.63, 3.8) is 0 Å². The Hall–Kier alpha value is -3.65. The smallest absolute Gasteiger partial charge is 0.161 e. The van der Waals surface area contributed by atoms with Gasteiger partial charge in [0.2, 0.25) is 0 Å². The number of nitriles is 1. The van der Waals surface area contributed by atoms with Crippen LogP contribution in [0.4, 0.5) is 0 Å². The van der Waals surface area contributed by atoms with Crippen LogP contribution in [0.25, 0.3) is 11.3 Å². The Morgan fingerprint density at radius 1 is 0.964 bits per heavy atom. The van der Waals surface area contributed by atoms with Crippen LogP contribution in [0.15, 0.2) is 67.0 Å². The van der Waals surface area contributed by atoms with Gasteiger partial charge in [0, 0.05) is 18.5 Å². The van der Waals surface area contributed by atoms with Gasteiger partial charge in [-0.3, -0.25) is 0 Å². The van der Waals surface area contributed by atoms with E-state index < -0.39 is 0 Å². The first-order valence-electron chi connectivity index (χ1n) is 8.94. The number of hydrogen-bond donors (Lipinski definition) is 0. The molecule has 0 aliphatic rings. The summed E-state index contributed by atoms with van der Waals surface area (Å²) in [6.45, 7) is 2.45. The van der Waals surface area contributed by atoms with Crippen LogP contribution in [0, 0.1) is 11.3 Å². The molecule has 0 spiro atoms. The predicted octanol–water partition coefficient (Wildman–Crippen LogP) is 4.85. The van der Waals surface area contributed by atoms with E-state index in [9.17, 15) is 5.26 Å². The SMILES string of the molecule is CCOc1cc(/C(=C/C#N)c2ccc(OC)c(-n3cccc3)c2)ccc1OC. The first-order chi connectivity index (χ1) is 13.7. The van der Waals surface area contributed by atoms with E-state index in [1.54, 1.807) is 20.3 Å². The molecule has 0 radical (unpaired) electrons. The van der Waals surface area contributed by atoms with Crippen molar-refractivity contribution < 1.29 is 14.2 Å². The number of aromatic nitrogens is 1. The van der Waals surface area contributed by atoms with Crippen LogP contribution < -0.4 is 14.2 Å². The van der Waals surface area contributed by atoms with Crippen LogP contribution in [-0.4, -0.2) is 25.4 Å². The van der Waals surface area contributed by atoms with Gasteiger partial charge in [0.15, 0.2) is 11.5 Å². The Kier molecular flexibility index (Phi) is 6.03. The normalized spacial score (nSPS) is 11.0. The number of nitrogens with zero attached hydrogens (tertiary/aromatic N) is 2. The van der Waals surface area contributed by atoms with Gasteiger partial charge in [0.05, 0.1) is 32.6 Å². The van der Waals surface area contributed by atoms with E-state index in [4.69, 9.17) is 14.2 Å². The van der Waals surface area contributed by atoms with E-state index in [0.717, 1.165) is 28.1 Å². The summed E-state index contributed by atoms with van der Waals surface area (Å²) in [6.07, 6.45) is 5.45. The molecule has 5 heteroatoms. The van der Waals surface area contributed by atoms with Crippen LogP contribution in [0.5, 0.6) is 17.2 Å². The molecule has 1 heterocycles. The second kappa shape index (κ2) is 8.83. The molecule has 0 unspecified atom stereocenters. The average molecular weight is 374 g/mol. The summed E-state index contributed by atoms with van der Waals surface area (Å²) < 4.78 is 18.5. The minimum atomic E-state index is 0.525. The predicted molar refractivity (Wildman–Crippen MR) is 109 cm³/mol. The van der Waals surface area contributed by atoms with Crippen LogP contribution in [0.3, 0.4) is 0 Å². The second-order valence-electron chi connectivity index (χ2n) is 5.96. The summed E-state index contributed by atoms with van der Waals surface area (Å²) in [5.41, 5.74) is 3.46. The van der Waals surface area contributed by atoms with E-state index in [1.165, 1.54) is 0 Å². The number of hydrogen-bond acceptors (Lipinski definition) is 4. The fourth-order valence-electron chi connectivity index (χ4n) is 3.06. The van der Waals surface area contributed by atoms with E-state index >= 15 is 0 Å². The molecule has 3 rings (SSSR count). The zero-order chi connectivity index (χ0) is 19.9. The lowest BCUT2D eigenvalue weighted by Crippen LogP contribution is -1.99. The minimum absolute atomic E-state index is 0.525. The largest absolute Gasteiger partial charge is 0.495 e. The molecule has 5 nitrogen and oxygen atoms in total. The lowest BCUT2D eigenvalue weighted by atomic mass is 9.96. The number of allylic oxidation sites excluding steroid dienone is 1. The molecule has 0 bridgehead atoms. The van der Waals surface area contributed by atoms with Crippen LogP contribution in [0.2, 0.25) is 0 Å². The van der Waals surface area contributed by atoms with Crippen LogP contribution in [0.1, 0.15) is 18.1 Å². The fraction of sp³-hybridized carbons (Fsp3) is 0.174. The average Bonchev–Trinajstić information content (AvgIpc) is 3.26. The molecule has 142 valence electrons. The quantitative estimate of drug-likeness (QED) is 0.555. The number of rotatable bonds is 7. The monoisotopic (exact) mass is 374 g/mol. The van der Waals surface area contributed by atoms with E-state index in [0.29, 0.717) is 18.1 Å². The molecule has 0 N–H and O–H groups in total. The third-order valence-corrected chi connectivity index (χ3v) is 4.36. The lowest BCUT2D eigenvalue weighted by molar-refractivity contribution is 0.311. The maximum atomic E-state index is 9.37. The molecule has 3 aromatic rings. The van der Waals surface area contributed by atoms with Crippen LogP contribution in [-0.2, 0) is 0 Å². The zero-order valence-corrected chi connectivity index (χ0v) is 16.2. The highest BCUT2D eigenvalue weighted by atomic mass is 16.5. The van der Waals surface area contributed by atoms with Crippen molar-refractivity contribution in [3.8, 4) is 29.0 Å². The maximum absolute atomic E-state index is 9.37. The molecule has 0 saturated carbocycles. The van der Waals surface area contributed by atoms with Crippen molar-refractivity contribution in [2.45, 2.75) is 6.92 Å². The van der Waals surface area contributed by atoms with E-state index in [1.807, 2.05) is 72.4 Å². The van der Waals surface area contributed by atoms with Gasteiger partial charge >= 0.3 is 0 Å². The Morgan fingerprint density at radius 3 is 2.21 bits per heavy atom. The highest BCUT2D eigenvalue weighted by molar-refractivity contribution is 5.83. The molecule has 0 fully saturated rings. The topological polar surface area (TPSA) is 56.4 Å². The van der Waals surface area contributed by atoms with Crippen molar-refractivity contribution in [2.75, 3.05) is 20.8 Å². The van der Waals surface area contributed by atoms with Gasteiger partial charge < -0.3 is 18.8 Å². The van der Waals surface area contributed by atoms with Crippen molar-refractivity contribution in [1.82, 2.24) is 4.57 Å². The summed E-state index contributed by atoms with van der Waals surface area (Å²) in [6, 6.07) is 17.6. The molecular formula is C23H22N2O3. The van der Waals surface area contributed by atoms with E-state index in [-0.39, 0.29) is 0 Å².